The van der Waals surface area contributed by atoms with Crippen LogP contribution in [0.2, 0.25) is 5.02 Å². The van der Waals surface area contributed by atoms with Crippen LogP contribution in [-0.4, -0.2) is 59.2 Å². The topological polar surface area (TPSA) is 88.2 Å². The third kappa shape index (κ3) is 7.12. The summed E-state index contributed by atoms with van der Waals surface area (Å²) in [5.74, 6) is -0.442. The normalized spacial score (nSPS) is 16.2. The van der Waals surface area contributed by atoms with Gasteiger partial charge in [0.25, 0.3) is 0 Å². The second-order valence-electron chi connectivity index (χ2n) is 8.67. The van der Waals surface area contributed by atoms with Gasteiger partial charge < -0.3 is 19.7 Å². The molecule has 33 heavy (non-hydrogen) atoms. The van der Waals surface area contributed by atoms with E-state index in [1.807, 2.05) is 30.3 Å². The molecule has 2 aromatic rings. The molecule has 9 heteroatoms. The number of nitrogens with zero attached hydrogens (tertiary/aromatic N) is 2. The summed E-state index contributed by atoms with van der Waals surface area (Å²) in [6.07, 6.45) is -1.16. The van der Waals surface area contributed by atoms with Crippen molar-refractivity contribution < 1.29 is 23.9 Å². The van der Waals surface area contributed by atoms with E-state index >= 15 is 0 Å². The Labute approximate surface area is 198 Å². The number of hydrogen-bond acceptors (Lipinski definition) is 5. The zero-order chi connectivity index (χ0) is 24.0. The summed E-state index contributed by atoms with van der Waals surface area (Å²) >= 11 is 5.91. The summed E-state index contributed by atoms with van der Waals surface area (Å²) in [4.78, 5) is 41.3. The summed E-state index contributed by atoms with van der Waals surface area (Å²) in [5.41, 5.74) is 0.681. The van der Waals surface area contributed by atoms with Crippen molar-refractivity contribution in [3.8, 4) is 0 Å². The molecule has 0 radical (unpaired) electrons. The van der Waals surface area contributed by atoms with Crippen LogP contribution >= 0.6 is 11.6 Å². The number of benzene rings is 2. The van der Waals surface area contributed by atoms with E-state index < -0.39 is 29.7 Å². The minimum absolute atomic E-state index is 0.0191. The zero-order valence-corrected chi connectivity index (χ0v) is 19.7. The molecule has 0 aliphatic carbocycles. The first-order valence-electron chi connectivity index (χ1n) is 10.6. The van der Waals surface area contributed by atoms with Crippen molar-refractivity contribution in [1.29, 1.82) is 0 Å². The van der Waals surface area contributed by atoms with Crippen LogP contribution in [-0.2, 0) is 20.9 Å². The number of anilines is 1. The number of carbonyl (C=O) groups is 3. The molecular formula is C24H28ClN3O5. The molecule has 1 fully saturated rings. The predicted molar refractivity (Wildman–Crippen MR) is 125 cm³/mol. The molecule has 1 aliphatic rings. The first kappa shape index (κ1) is 24.4. The number of nitrogens with one attached hydrogen (secondary N) is 1. The molecule has 1 atom stereocenters. The molecule has 0 aromatic heterocycles. The Balaban J connectivity index is 1.73. The summed E-state index contributed by atoms with van der Waals surface area (Å²) in [6, 6.07) is 14.9. The standard InChI is InChI=1S/C24H28ClN3O5/c1-24(2,3)33-22(30)27-13-14-28(23(31)32-16-17-7-5-4-6-8-17)20(15-27)21(29)26-19-11-9-18(25)10-12-19/h4-12,20H,13-16H2,1-3H3,(H,26,29). The van der Waals surface area contributed by atoms with Crippen LogP contribution in [0.25, 0.3) is 0 Å². The highest BCUT2D eigenvalue weighted by molar-refractivity contribution is 6.30. The molecule has 1 heterocycles. The Kier molecular flexibility index (Phi) is 7.81. The van der Waals surface area contributed by atoms with Gasteiger partial charge in [0, 0.05) is 23.8 Å². The van der Waals surface area contributed by atoms with Crippen LogP contribution in [0.3, 0.4) is 0 Å². The van der Waals surface area contributed by atoms with Gasteiger partial charge in [-0.05, 0) is 50.6 Å². The van der Waals surface area contributed by atoms with E-state index in [4.69, 9.17) is 21.1 Å². The molecule has 1 unspecified atom stereocenters. The van der Waals surface area contributed by atoms with E-state index in [0.29, 0.717) is 10.7 Å². The van der Waals surface area contributed by atoms with Gasteiger partial charge in [-0.2, -0.15) is 0 Å². The number of halogens is 1. The SMILES string of the molecule is CC(C)(C)OC(=O)N1CCN(C(=O)OCc2ccccc2)C(C(=O)Nc2ccc(Cl)cc2)C1. The quantitative estimate of drug-likeness (QED) is 0.704. The molecule has 0 bridgehead atoms. The lowest BCUT2D eigenvalue weighted by Gasteiger charge is -2.40. The van der Waals surface area contributed by atoms with Crippen molar-refractivity contribution in [3.05, 3.63) is 65.2 Å². The third-order valence-electron chi connectivity index (χ3n) is 4.89. The predicted octanol–water partition coefficient (Wildman–Crippen LogP) is 4.54. The van der Waals surface area contributed by atoms with Crippen molar-refractivity contribution in [2.24, 2.45) is 0 Å². The maximum absolute atomic E-state index is 13.1. The van der Waals surface area contributed by atoms with Gasteiger partial charge in [0.1, 0.15) is 18.2 Å². The van der Waals surface area contributed by atoms with Gasteiger partial charge in [0.2, 0.25) is 5.91 Å². The zero-order valence-electron chi connectivity index (χ0n) is 18.9. The molecule has 176 valence electrons. The molecule has 8 nitrogen and oxygen atoms in total. The van der Waals surface area contributed by atoms with Crippen LogP contribution in [0.5, 0.6) is 0 Å². The minimum atomic E-state index is -0.954. The Morgan fingerprint density at radius 1 is 1.00 bits per heavy atom. The van der Waals surface area contributed by atoms with Crippen LogP contribution in [0.4, 0.5) is 15.3 Å². The highest BCUT2D eigenvalue weighted by Crippen LogP contribution is 2.19. The van der Waals surface area contributed by atoms with Gasteiger partial charge in [-0.1, -0.05) is 41.9 Å². The maximum Gasteiger partial charge on any atom is 0.410 e. The average Bonchev–Trinajstić information content (AvgIpc) is 2.78. The van der Waals surface area contributed by atoms with Crippen LogP contribution in [0.15, 0.2) is 54.6 Å². The summed E-state index contributed by atoms with van der Waals surface area (Å²) in [7, 11) is 0. The second-order valence-corrected chi connectivity index (χ2v) is 9.11. The lowest BCUT2D eigenvalue weighted by Crippen LogP contribution is -2.61. The number of carbonyl (C=O) groups excluding carboxylic acids is 3. The lowest BCUT2D eigenvalue weighted by molar-refractivity contribution is -0.122. The Morgan fingerprint density at radius 2 is 1.67 bits per heavy atom. The van der Waals surface area contributed by atoms with Gasteiger partial charge >= 0.3 is 12.2 Å². The second kappa shape index (κ2) is 10.6. The van der Waals surface area contributed by atoms with Crippen LogP contribution in [0.1, 0.15) is 26.3 Å². The molecule has 1 aliphatic heterocycles. The van der Waals surface area contributed by atoms with E-state index in [1.54, 1.807) is 45.0 Å². The third-order valence-corrected chi connectivity index (χ3v) is 5.14. The first-order valence-corrected chi connectivity index (χ1v) is 11.0. The van der Waals surface area contributed by atoms with E-state index in [1.165, 1.54) is 9.80 Å². The largest absolute Gasteiger partial charge is 0.445 e. The van der Waals surface area contributed by atoms with Crippen molar-refractivity contribution in [2.75, 3.05) is 25.0 Å². The van der Waals surface area contributed by atoms with Crippen molar-refractivity contribution in [3.63, 3.8) is 0 Å². The highest BCUT2D eigenvalue weighted by Gasteiger charge is 2.39. The smallest absolute Gasteiger partial charge is 0.410 e. The molecular weight excluding hydrogens is 446 g/mol. The lowest BCUT2D eigenvalue weighted by atomic mass is 10.1. The summed E-state index contributed by atoms with van der Waals surface area (Å²) in [5, 5.41) is 3.31. The fourth-order valence-corrected chi connectivity index (χ4v) is 3.41. The number of rotatable bonds is 4. The molecule has 0 saturated carbocycles. The van der Waals surface area contributed by atoms with E-state index in [0.717, 1.165) is 5.56 Å². The minimum Gasteiger partial charge on any atom is -0.445 e. The fraction of sp³-hybridized carbons (Fsp3) is 0.375. The monoisotopic (exact) mass is 473 g/mol. The molecule has 3 amide bonds. The van der Waals surface area contributed by atoms with E-state index in [2.05, 4.69) is 5.32 Å². The average molecular weight is 474 g/mol. The summed E-state index contributed by atoms with van der Waals surface area (Å²) in [6.45, 7) is 5.73. The fourth-order valence-electron chi connectivity index (χ4n) is 3.28. The Bertz CT molecular complexity index is 976. The van der Waals surface area contributed by atoms with Crippen LogP contribution < -0.4 is 5.32 Å². The number of hydrogen-bond donors (Lipinski definition) is 1. The molecule has 1 saturated heterocycles. The Hall–Kier alpha value is -3.26. The van der Waals surface area contributed by atoms with Crippen molar-refractivity contribution >= 4 is 35.4 Å². The van der Waals surface area contributed by atoms with Crippen molar-refractivity contribution in [2.45, 2.75) is 39.0 Å². The molecule has 0 spiro atoms. The number of amides is 3. The van der Waals surface area contributed by atoms with E-state index in [9.17, 15) is 14.4 Å². The maximum atomic E-state index is 13.1. The summed E-state index contributed by atoms with van der Waals surface area (Å²) < 4.78 is 10.9. The number of ether oxygens (including phenoxy) is 2. The highest BCUT2D eigenvalue weighted by atomic mass is 35.5. The van der Waals surface area contributed by atoms with Gasteiger partial charge in [-0.25, -0.2) is 9.59 Å². The number of piperazine rings is 1. The first-order chi connectivity index (χ1) is 15.6. The van der Waals surface area contributed by atoms with Crippen LogP contribution in [0, 0.1) is 0 Å². The molecule has 3 rings (SSSR count). The molecule has 1 N–H and O–H groups in total. The van der Waals surface area contributed by atoms with Gasteiger partial charge in [-0.3, -0.25) is 9.69 Å². The van der Waals surface area contributed by atoms with Gasteiger partial charge in [0.15, 0.2) is 0 Å². The van der Waals surface area contributed by atoms with Gasteiger partial charge in [0.05, 0.1) is 6.54 Å². The van der Waals surface area contributed by atoms with E-state index in [-0.39, 0.29) is 26.2 Å². The Morgan fingerprint density at radius 3 is 2.30 bits per heavy atom. The van der Waals surface area contributed by atoms with Gasteiger partial charge in [-0.15, -0.1) is 0 Å². The molecule has 2 aromatic carbocycles. The van der Waals surface area contributed by atoms with Crippen molar-refractivity contribution in [1.82, 2.24) is 9.80 Å².